The topological polar surface area (TPSA) is 82.5 Å². The zero-order valence-electron chi connectivity index (χ0n) is 9.77. The quantitative estimate of drug-likeness (QED) is 0.646. The number of aldehydes is 1. The van der Waals surface area contributed by atoms with E-state index in [2.05, 4.69) is 26.2 Å². The number of carbonyl (C=O) groups is 2. The van der Waals surface area contributed by atoms with E-state index in [1.54, 1.807) is 0 Å². The van der Waals surface area contributed by atoms with Gasteiger partial charge in [0.2, 0.25) is 0 Å². The Hall–Kier alpha value is -1.34. The maximum Gasteiger partial charge on any atom is 0.404 e. The molecule has 0 bridgehead atoms. The van der Waals surface area contributed by atoms with E-state index in [0.717, 1.165) is 0 Å². The van der Waals surface area contributed by atoms with E-state index < -0.39 is 6.09 Å². The summed E-state index contributed by atoms with van der Waals surface area (Å²) in [6.07, 6.45) is 1.75. The van der Waals surface area contributed by atoms with Crippen molar-refractivity contribution >= 4 is 45.6 Å². The molecule has 2 heterocycles. The second-order valence-corrected chi connectivity index (χ2v) is 5.32. The minimum Gasteiger partial charge on any atom is -0.465 e. The number of carboxylic acid groups (broad SMARTS) is 1. The predicted octanol–water partition coefficient (Wildman–Crippen LogP) is 2.16. The zero-order valence-corrected chi connectivity index (χ0v) is 12.1. The number of hydrogen-bond donors (Lipinski definition) is 2. The third-order valence-corrected chi connectivity index (χ3v) is 4.20. The van der Waals surface area contributed by atoms with E-state index in [1.807, 2.05) is 4.90 Å². The minimum atomic E-state index is -1.05. The fraction of sp³-hybridized carbons (Fsp3) is 0.364. The van der Waals surface area contributed by atoms with Crippen molar-refractivity contribution in [3.05, 3.63) is 21.4 Å². The molecule has 19 heavy (non-hydrogen) atoms. The third-order valence-electron chi connectivity index (χ3n) is 2.94. The highest BCUT2D eigenvalue weighted by molar-refractivity contribution is 9.10. The van der Waals surface area contributed by atoms with Crippen LogP contribution >= 0.6 is 27.5 Å². The number of nitrogens with one attached hydrogen (secondary N) is 1. The molecular formula is C11H11BrClN3O3. The van der Waals surface area contributed by atoms with Crippen LogP contribution in [0, 0.1) is 0 Å². The van der Waals surface area contributed by atoms with Gasteiger partial charge in [-0.1, -0.05) is 11.6 Å². The Morgan fingerprint density at radius 2 is 2.42 bits per heavy atom. The van der Waals surface area contributed by atoms with Crippen molar-refractivity contribution < 1.29 is 14.7 Å². The van der Waals surface area contributed by atoms with Crippen LogP contribution in [0.25, 0.3) is 0 Å². The van der Waals surface area contributed by atoms with E-state index in [9.17, 15) is 9.59 Å². The summed E-state index contributed by atoms with van der Waals surface area (Å²) in [5, 5.41) is 11.4. The van der Waals surface area contributed by atoms with Crippen LogP contribution in [0.5, 0.6) is 0 Å². The molecule has 1 unspecified atom stereocenters. The number of rotatable bonds is 3. The number of amides is 1. The summed E-state index contributed by atoms with van der Waals surface area (Å²) in [4.78, 5) is 27.5. The summed E-state index contributed by atoms with van der Waals surface area (Å²) in [5.74, 6) is 0. The Balaban J connectivity index is 2.26. The third kappa shape index (κ3) is 2.98. The Morgan fingerprint density at radius 1 is 1.68 bits per heavy atom. The molecule has 1 aliphatic heterocycles. The molecule has 0 spiro atoms. The summed E-state index contributed by atoms with van der Waals surface area (Å²) in [6.45, 7) is 1.14. The molecule has 1 aromatic rings. The monoisotopic (exact) mass is 347 g/mol. The highest BCUT2D eigenvalue weighted by Gasteiger charge is 2.27. The van der Waals surface area contributed by atoms with Crippen molar-refractivity contribution in [2.45, 2.75) is 12.5 Å². The van der Waals surface area contributed by atoms with Crippen molar-refractivity contribution in [3.63, 3.8) is 0 Å². The van der Waals surface area contributed by atoms with Gasteiger partial charge in [-0.2, -0.15) is 0 Å². The molecule has 0 radical (unpaired) electrons. The summed E-state index contributed by atoms with van der Waals surface area (Å²) in [6, 6.07) is -0.157. The van der Waals surface area contributed by atoms with Gasteiger partial charge in [0, 0.05) is 19.3 Å². The molecule has 2 rings (SSSR count). The summed E-state index contributed by atoms with van der Waals surface area (Å²) >= 11 is 9.25. The van der Waals surface area contributed by atoms with Crippen molar-refractivity contribution in [1.82, 2.24) is 10.3 Å². The van der Waals surface area contributed by atoms with Crippen molar-refractivity contribution in [2.75, 3.05) is 18.0 Å². The van der Waals surface area contributed by atoms with Gasteiger partial charge >= 0.3 is 6.09 Å². The second-order valence-electron chi connectivity index (χ2n) is 4.17. The average Bonchev–Trinajstić information content (AvgIpc) is 2.79. The standard InChI is InChI=1S/C11H11BrClN3O3/c12-8-9(6(5-17)3-14-10(8)13)16-2-1-7(4-16)15-11(18)19/h3,5,7,15H,1-2,4H2,(H,18,19). The SMILES string of the molecule is O=Cc1cnc(Cl)c(Br)c1N1CCC(NC(=O)O)C1. The fourth-order valence-electron chi connectivity index (χ4n) is 2.13. The summed E-state index contributed by atoms with van der Waals surface area (Å²) in [5.41, 5.74) is 1.08. The number of aromatic nitrogens is 1. The molecule has 1 fully saturated rings. The normalized spacial score (nSPS) is 18.4. The van der Waals surface area contributed by atoms with Gasteiger partial charge in [0.25, 0.3) is 0 Å². The fourth-order valence-corrected chi connectivity index (χ4v) is 2.85. The van der Waals surface area contributed by atoms with Crippen LogP contribution in [-0.4, -0.2) is 41.6 Å². The number of carbonyl (C=O) groups excluding carboxylic acids is 1. The predicted molar refractivity (Wildman–Crippen MR) is 74.1 cm³/mol. The highest BCUT2D eigenvalue weighted by atomic mass is 79.9. The summed E-state index contributed by atoms with van der Waals surface area (Å²) in [7, 11) is 0. The largest absolute Gasteiger partial charge is 0.465 e. The van der Waals surface area contributed by atoms with Crippen LogP contribution in [0.1, 0.15) is 16.8 Å². The summed E-state index contributed by atoms with van der Waals surface area (Å²) < 4.78 is 0.551. The average molecular weight is 349 g/mol. The highest BCUT2D eigenvalue weighted by Crippen LogP contribution is 2.35. The lowest BCUT2D eigenvalue weighted by molar-refractivity contribution is 0.112. The molecule has 1 atom stereocenters. The molecule has 0 aromatic carbocycles. The van der Waals surface area contributed by atoms with Crippen molar-refractivity contribution in [2.24, 2.45) is 0 Å². The first-order chi connectivity index (χ1) is 9.02. The van der Waals surface area contributed by atoms with Gasteiger partial charge < -0.3 is 15.3 Å². The maximum atomic E-state index is 11.1. The van der Waals surface area contributed by atoms with Crippen molar-refractivity contribution in [1.29, 1.82) is 0 Å². The number of pyridine rings is 1. The van der Waals surface area contributed by atoms with Crippen LogP contribution in [0.2, 0.25) is 5.15 Å². The first-order valence-corrected chi connectivity index (χ1v) is 6.73. The Kier molecular flexibility index (Phi) is 4.26. The van der Waals surface area contributed by atoms with Gasteiger partial charge in [0.05, 0.1) is 21.8 Å². The Labute approximate surface area is 122 Å². The number of hydrogen-bond acceptors (Lipinski definition) is 4. The van der Waals surface area contributed by atoms with E-state index in [-0.39, 0.29) is 11.2 Å². The number of halogens is 2. The lowest BCUT2D eigenvalue weighted by atomic mass is 10.2. The van der Waals surface area contributed by atoms with Gasteiger partial charge in [0.15, 0.2) is 6.29 Å². The molecule has 102 valence electrons. The second kappa shape index (κ2) is 5.75. The Bertz CT molecular complexity index is 526. The van der Waals surface area contributed by atoms with E-state index in [0.29, 0.717) is 41.5 Å². The minimum absolute atomic E-state index is 0.157. The molecule has 0 aliphatic carbocycles. The van der Waals surface area contributed by atoms with Gasteiger partial charge in [-0.3, -0.25) is 4.79 Å². The van der Waals surface area contributed by atoms with Crippen LogP contribution in [0.3, 0.4) is 0 Å². The molecule has 1 aromatic heterocycles. The first-order valence-electron chi connectivity index (χ1n) is 5.56. The molecule has 1 amide bonds. The van der Waals surface area contributed by atoms with E-state index in [4.69, 9.17) is 16.7 Å². The molecule has 1 aliphatic rings. The van der Waals surface area contributed by atoms with E-state index in [1.165, 1.54) is 6.20 Å². The van der Waals surface area contributed by atoms with Gasteiger partial charge in [0.1, 0.15) is 5.15 Å². The molecular weight excluding hydrogens is 337 g/mol. The van der Waals surface area contributed by atoms with Gasteiger partial charge in [-0.05, 0) is 22.4 Å². The van der Waals surface area contributed by atoms with E-state index >= 15 is 0 Å². The molecule has 0 saturated carbocycles. The van der Waals surface area contributed by atoms with Crippen molar-refractivity contribution in [3.8, 4) is 0 Å². The van der Waals surface area contributed by atoms with Crippen LogP contribution in [0.4, 0.5) is 10.5 Å². The molecule has 6 nitrogen and oxygen atoms in total. The van der Waals surface area contributed by atoms with Crippen LogP contribution in [-0.2, 0) is 0 Å². The lowest BCUT2D eigenvalue weighted by Gasteiger charge is -2.22. The molecule has 1 saturated heterocycles. The lowest BCUT2D eigenvalue weighted by Crippen LogP contribution is -2.36. The maximum absolute atomic E-state index is 11.1. The zero-order chi connectivity index (χ0) is 14.0. The number of anilines is 1. The Morgan fingerprint density at radius 3 is 3.05 bits per heavy atom. The van der Waals surface area contributed by atoms with Crippen LogP contribution < -0.4 is 10.2 Å². The molecule has 2 N–H and O–H groups in total. The van der Waals surface area contributed by atoms with Crippen LogP contribution in [0.15, 0.2) is 10.7 Å². The van der Waals surface area contributed by atoms with Gasteiger partial charge in [-0.15, -0.1) is 0 Å². The molecule has 8 heteroatoms. The van der Waals surface area contributed by atoms with Gasteiger partial charge in [-0.25, -0.2) is 9.78 Å². The smallest absolute Gasteiger partial charge is 0.404 e. The first kappa shape index (κ1) is 14.1. The number of nitrogens with zero attached hydrogens (tertiary/aromatic N) is 2.